The lowest BCUT2D eigenvalue weighted by atomic mass is 10.2. The van der Waals surface area contributed by atoms with Gasteiger partial charge in [0.25, 0.3) is 0 Å². The van der Waals surface area contributed by atoms with Gasteiger partial charge >= 0.3 is 0 Å². The Morgan fingerprint density at radius 3 is 3.00 bits per heavy atom. The summed E-state index contributed by atoms with van der Waals surface area (Å²) < 4.78 is 6.05. The van der Waals surface area contributed by atoms with Crippen LogP contribution in [-0.4, -0.2) is 23.7 Å². The number of aliphatic hydroxyl groups excluding tert-OH is 1. The third-order valence-corrected chi connectivity index (χ3v) is 2.52. The van der Waals surface area contributed by atoms with Gasteiger partial charge in [-0.1, -0.05) is 0 Å². The molecule has 1 rings (SSSR count). The Hall–Kier alpha value is -0.820. The Morgan fingerprint density at radius 1 is 1.69 bits per heavy atom. The molecule has 1 atom stereocenters. The van der Waals surface area contributed by atoms with E-state index >= 15 is 0 Å². The fourth-order valence-corrected chi connectivity index (χ4v) is 1.57. The number of rotatable bonds is 5. The van der Waals surface area contributed by atoms with Crippen molar-refractivity contribution in [3.8, 4) is 0 Å². The lowest BCUT2D eigenvalue weighted by Crippen LogP contribution is -2.31. The van der Waals surface area contributed by atoms with Crippen molar-refractivity contribution in [1.82, 2.24) is 5.32 Å². The van der Waals surface area contributed by atoms with E-state index in [-0.39, 0.29) is 18.6 Å². The van der Waals surface area contributed by atoms with Gasteiger partial charge in [0, 0.05) is 18.7 Å². The number of amides is 1. The maximum absolute atomic E-state index is 11.4. The van der Waals surface area contributed by atoms with Gasteiger partial charge in [-0.15, -0.1) is 0 Å². The van der Waals surface area contributed by atoms with Gasteiger partial charge in [0.2, 0.25) is 5.91 Å². The second kappa shape index (κ2) is 6.70. The third kappa shape index (κ3) is 4.80. The van der Waals surface area contributed by atoms with Crippen molar-refractivity contribution in [2.75, 3.05) is 6.61 Å². The van der Waals surface area contributed by atoms with E-state index in [1.165, 1.54) is 6.08 Å². The minimum absolute atomic E-state index is 0.0288. The predicted molar refractivity (Wildman–Crippen MR) is 69.8 cm³/mol. The SMILES string of the molecule is C[C@H](CCO)NC(=O)/C=C/c1ccc(I)o1. The van der Waals surface area contributed by atoms with Crippen molar-refractivity contribution in [1.29, 1.82) is 0 Å². The largest absolute Gasteiger partial charge is 0.451 e. The number of aliphatic hydroxyl groups is 1. The molecule has 4 nitrogen and oxygen atoms in total. The Morgan fingerprint density at radius 2 is 2.44 bits per heavy atom. The Bertz CT molecular complexity index is 373. The predicted octanol–water partition coefficient (Wildman–Crippen LogP) is 1.78. The normalized spacial score (nSPS) is 12.9. The monoisotopic (exact) mass is 335 g/mol. The molecule has 0 unspecified atom stereocenters. The molecule has 5 heteroatoms. The first-order valence-electron chi connectivity index (χ1n) is 4.96. The summed E-state index contributed by atoms with van der Waals surface area (Å²) in [5, 5.41) is 11.4. The van der Waals surface area contributed by atoms with E-state index < -0.39 is 0 Å². The smallest absolute Gasteiger partial charge is 0.244 e. The maximum Gasteiger partial charge on any atom is 0.244 e. The van der Waals surface area contributed by atoms with Gasteiger partial charge in [-0.05, 0) is 54.1 Å². The van der Waals surface area contributed by atoms with Gasteiger partial charge in [-0.2, -0.15) is 0 Å². The molecule has 0 saturated heterocycles. The molecule has 0 spiro atoms. The maximum atomic E-state index is 11.4. The van der Waals surface area contributed by atoms with Crippen LogP contribution in [0.1, 0.15) is 19.1 Å². The average molecular weight is 335 g/mol. The Balaban J connectivity index is 2.42. The first kappa shape index (κ1) is 13.2. The van der Waals surface area contributed by atoms with Gasteiger partial charge in [-0.3, -0.25) is 4.79 Å². The first-order valence-corrected chi connectivity index (χ1v) is 6.04. The molecular weight excluding hydrogens is 321 g/mol. The molecule has 2 N–H and O–H groups in total. The highest BCUT2D eigenvalue weighted by Crippen LogP contribution is 2.11. The number of nitrogens with one attached hydrogen (secondary N) is 1. The van der Waals surface area contributed by atoms with Crippen molar-refractivity contribution in [2.24, 2.45) is 0 Å². The van der Waals surface area contributed by atoms with Gasteiger partial charge in [-0.25, -0.2) is 0 Å². The zero-order chi connectivity index (χ0) is 12.0. The number of hydrogen-bond acceptors (Lipinski definition) is 3. The molecule has 88 valence electrons. The van der Waals surface area contributed by atoms with E-state index in [1.54, 1.807) is 12.1 Å². The van der Waals surface area contributed by atoms with Crippen LogP contribution in [0.25, 0.3) is 6.08 Å². The van der Waals surface area contributed by atoms with E-state index in [0.717, 1.165) is 3.77 Å². The van der Waals surface area contributed by atoms with Crippen LogP contribution < -0.4 is 5.32 Å². The minimum atomic E-state index is -0.188. The van der Waals surface area contributed by atoms with Crippen LogP contribution in [-0.2, 0) is 4.79 Å². The summed E-state index contributed by atoms with van der Waals surface area (Å²) in [6, 6.07) is 3.59. The van der Waals surface area contributed by atoms with Crippen molar-refractivity contribution >= 4 is 34.6 Å². The second-order valence-corrected chi connectivity index (χ2v) is 4.46. The molecule has 1 aromatic rings. The van der Waals surface area contributed by atoms with Crippen LogP contribution in [0.15, 0.2) is 22.6 Å². The van der Waals surface area contributed by atoms with E-state index in [0.29, 0.717) is 12.2 Å². The standard InChI is InChI=1S/C11H14INO3/c1-8(6-7-14)13-11(15)5-3-9-2-4-10(12)16-9/h2-5,8,14H,6-7H2,1H3,(H,13,15)/b5-3+/t8-/m1/s1. The summed E-state index contributed by atoms with van der Waals surface area (Å²) in [7, 11) is 0. The van der Waals surface area contributed by atoms with Crippen LogP contribution in [0.4, 0.5) is 0 Å². The zero-order valence-electron chi connectivity index (χ0n) is 8.94. The molecule has 16 heavy (non-hydrogen) atoms. The van der Waals surface area contributed by atoms with Crippen molar-refractivity contribution in [2.45, 2.75) is 19.4 Å². The molecule has 0 radical (unpaired) electrons. The highest BCUT2D eigenvalue weighted by Gasteiger charge is 2.03. The molecule has 0 aliphatic rings. The quantitative estimate of drug-likeness (QED) is 0.637. The van der Waals surface area contributed by atoms with Crippen molar-refractivity contribution < 1.29 is 14.3 Å². The summed E-state index contributed by atoms with van der Waals surface area (Å²) in [5.74, 6) is 0.460. The molecule has 0 saturated carbocycles. The summed E-state index contributed by atoms with van der Waals surface area (Å²) in [6.45, 7) is 1.92. The number of carbonyl (C=O) groups excluding carboxylic acids is 1. The van der Waals surface area contributed by atoms with Crippen LogP contribution >= 0.6 is 22.6 Å². The molecular formula is C11H14INO3. The lowest BCUT2D eigenvalue weighted by Gasteiger charge is -2.09. The molecule has 1 amide bonds. The van der Waals surface area contributed by atoms with E-state index in [4.69, 9.17) is 9.52 Å². The molecule has 0 bridgehead atoms. The lowest BCUT2D eigenvalue weighted by molar-refractivity contribution is -0.117. The number of halogens is 1. The molecule has 1 heterocycles. The average Bonchev–Trinajstić information content (AvgIpc) is 2.61. The van der Waals surface area contributed by atoms with Crippen molar-refractivity contribution in [3.63, 3.8) is 0 Å². The van der Waals surface area contributed by atoms with Gasteiger partial charge < -0.3 is 14.8 Å². The van der Waals surface area contributed by atoms with Gasteiger partial charge in [0.05, 0.1) is 0 Å². The number of hydrogen-bond donors (Lipinski definition) is 2. The molecule has 1 aromatic heterocycles. The van der Waals surface area contributed by atoms with E-state index in [1.807, 2.05) is 13.0 Å². The van der Waals surface area contributed by atoms with E-state index in [9.17, 15) is 4.79 Å². The van der Waals surface area contributed by atoms with Crippen LogP contribution in [0.3, 0.4) is 0 Å². The number of carbonyl (C=O) groups is 1. The highest BCUT2D eigenvalue weighted by molar-refractivity contribution is 14.1. The summed E-state index contributed by atoms with van der Waals surface area (Å²) in [5.41, 5.74) is 0. The minimum Gasteiger partial charge on any atom is -0.451 e. The van der Waals surface area contributed by atoms with Gasteiger partial charge in [0.15, 0.2) is 3.77 Å². The third-order valence-electron chi connectivity index (χ3n) is 1.94. The van der Waals surface area contributed by atoms with Crippen LogP contribution in [0.5, 0.6) is 0 Å². The molecule has 0 aliphatic carbocycles. The second-order valence-electron chi connectivity index (χ2n) is 3.40. The van der Waals surface area contributed by atoms with Gasteiger partial charge in [0.1, 0.15) is 5.76 Å². The summed E-state index contributed by atoms with van der Waals surface area (Å²) in [4.78, 5) is 11.4. The topological polar surface area (TPSA) is 62.5 Å². The Kier molecular flexibility index (Phi) is 5.54. The summed E-state index contributed by atoms with van der Waals surface area (Å²) >= 11 is 2.06. The molecule has 0 fully saturated rings. The fraction of sp³-hybridized carbons (Fsp3) is 0.364. The van der Waals surface area contributed by atoms with Crippen LogP contribution in [0, 0.1) is 3.77 Å². The van der Waals surface area contributed by atoms with Crippen LogP contribution in [0.2, 0.25) is 0 Å². The fourth-order valence-electron chi connectivity index (χ4n) is 1.13. The molecule has 0 aliphatic heterocycles. The number of furan rings is 1. The van der Waals surface area contributed by atoms with Crippen molar-refractivity contribution in [3.05, 3.63) is 27.7 Å². The summed E-state index contributed by atoms with van der Waals surface area (Å²) in [6.07, 6.45) is 3.59. The van der Waals surface area contributed by atoms with E-state index in [2.05, 4.69) is 27.9 Å². The Labute approximate surface area is 108 Å². The zero-order valence-corrected chi connectivity index (χ0v) is 11.1. The first-order chi connectivity index (χ1) is 7.61. The molecule has 0 aromatic carbocycles. The highest BCUT2D eigenvalue weighted by atomic mass is 127.